The van der Waals surface area contributed by atoms with E-state index < -0.39 is 24.2 Å². The Balaban J connectivity index is 2.11. The van der Waals surface area contributed by atoms with Crippen LogP contribution < -0.4 is 4.74 Å². The number of halogens is 4. The van der Waals surface area contributed by atoms with Gasteiger partial charge in [0.25, 0.3) is 0 Å². The van der Waals surface area contributed by atoms with Crippen LogP contribution in [0.5, 0.6) is 6.01 Å². The lowest BCUT2D eigenvalue weighted by atomic mass is 10.2. The largest absolute Gasteiger partial charge is 0.466 e. The molecule has 140 valence electrons. The third-order valence-corrected chi connectivity index (χ3v) is 3.91. The highest BCUT2D eigenvalue weighted by Crippen LogP contribution is 2.29. The molecule has 0 aliphatic carbocycles. The molecule has 0 atom stereocenters. The molecule has 0 radical (unpaired) electrons. The van der Waals surface area contributed by atoms with E-state index in [0.29, 0.717) is 0 Å². The van der Waals surface area contributed by atoms with E-state index in [2.05, 4.69) is 14.8 Å². The molecule has 3 rings (SSSR count). The molecule has 0 bridgehead atoms. The molecule has 0 aliphatic rings. The van der Waals surface area contributed by atoms with E-state index in [-0.39, 0.29) is 33.1 Å². The van der Waals surface area contributed by atoms with Gasteiger partial charge in [-0.1, -0.05) is 23.2 Å². The van der Waals surface area contributed by atoms with Gasteiger partial charge >= 0.3 is 12.0 Å². The standard InChI is InChI=1S/C17H11Cl2F2N3O3/c1-26-15(25)8-27-17-22-16(11-4-2-9(18)6-12(11)20)24(23-17)14-5-3-10(19)7-13(14)21/h2-7H,8H2,1H3. The van der Waals surface area contributed by atoms with Crippen molar-refractivity contribution in [3.63, 3.8) is 0 Å². The van der Waals surface area contributed by atoms with Gasteiger partial charge in [-0.05, 0) is 36.4 Å². The number of hydrogen-bond donors (Lipinski definition) is 0. The maximum absolute atomic E-state index is 14.4. The van der Waals surface area contributed by atoms with Crippen LogP contribution in [0.1, 0.15) is 0 Å². The highest BCUT2D eigenvalue weighted by atomic mass is 35.5. The van der Waals surface area contributed by atoms with Crippen LogP contribution in [-0.4, -0.2) is 34.5 Å². The molecule has 1 heterocycles. The predicted octanol–water partition coefficient (Wildman–Crippen LogP) is 4.07. The van der Waals surface area contributed by atoms with E-state index in [1.54, 1.807) is 0 Å². The second kappa shape index (κ2) is 7.89. The summed E-state index contributed by atoms with van der Waals surface area (Å²) in [4.78, 5) is 15.3. The van der Waals surface area contributed by atoms with Gasteiger partial charge in [0.15, 0.2) is 12.4 Å². The van der Waals surface area contributed by atoms with Crippen molar-refractivity contribution in [2.24, 2.45) is 0 Å². The molecule has 27 heavy (non-hydrogen) atoms. The molecular formula is C17H11Cl2F2N3O3. The maximum Gasteiger partial charge on any atom is 0.344 e. The third kappa shape index (κ3) is 4.17. The summed E-state index contributed by atoms with van der Waals surface area (Å²) >= 11 is 11.5. The summed E-state index contributed by atoms with van der Waals surface area (Å²) in [6.07, 6.45) is 0. The van der Waals surface area contributed by atoms with Crippen molar-refractivity contribution >= 4 is 29.2 Å². The van der Waals surface area contributed by atoms with Crippen molar-refractivity contribution in [2.45, 2.75) is 0 Å². The molecule has 0 N–H and O–H groups in total. The lowest BCUT2D eigenvalue weighted by molar-refractivity contribution is -0.143. The minimum Gasteiger partial charge on any atom is -0.466 e. The molecule has 0 aliphatic heterocycles. The molecule has 0 amide bonds. The summed E-state index contributed by atoms with van der Waals surface area (Å²) in [7, 11) is 1.19. The van der Waals surface area contributed by atoms with E-state index in [1.807, 2.05) is 0 Å². The van der Waals surface area contributed by atoms with Gasteiger partial charge in [0, 0.05) is 10.0 Å². The molecule has 2 aromatic carbocycles. The minimum absolute atomic E-state index is 0.00849. The maximum atomic E-state index is 14.4. The van der Waals surface area contributed by atoms with Crippen LogP contribution in [-0.2, 0) is 9.53 Å². The van der Waals surface area contributed by atoms with Crippen LogP contribution in [0.25, 0.3) is 17.1 Å². The second-order valence-corrected chi connectivity index (χ2v) is 6.09. The summed E-state index contributed by atoms with van der Waals surface area (Å²) in [6, 6.07) is 7.52. The van der Waals surface area contributed by atoms with Gasteiger partial charge in [0.05, 0.1) is 12.7 Å². The molecule has 0 unspecified atom stereocenters. The summed E-state index contributed by atoms with van der Waals surface area (Å²) in [5.74, 6) is -2.11. The Hall–Kier alpha value is -2.71. The summed E-state index contributed by atoms with van der Waals surface area (Å²) in [6.45, 7) is -0.466. The molecule has 10 heteroatoms. The minimum atomic E-state index is -0.706. The summed E-state index contributed by atoms with van der Waals surface area (Å²) in [5, 5.41) is 4.37. The Bertz CT molecular complexity index is 942. The average molecular weight is 414 g/mol. The lowest BCUT2D eigenvalue weighted by Crippen LogP contribution is -2.13. The number of carbonyl (C=O) groups excluding carboxylic acids is 1. The van der Waals surface area contributed by atoms with Crippen molar-refractivity contribution in [1.82, 2.24) is 14.8 Å². The van der Waals surface area contributed by atoms with Gasteiger partial charge in [-0.3, -0.25) is 0 Å². The Morgan fingerprint density at radius 2 is 1.78 bits per heavy atom. The number of esters is 1. The summed E-state index contributed by atoms with van der Waals surface area (Å²) < 4.78 is 39.4. The van der Waals surface area contributed by atoms with Crippen LogP contribution in [0, 0.1) is 11.6 Å². The van der Waals surface area contributed by atoms with E-state index in [1.165, 1.54) is 31.4 Å². The fourth-order valence-corrected chi connectivity index (χ4v) is 2.52. The van der Waals surface area contributed by atoms with Crippen molar-refractivity contribution in [1.29, 1.82) is 0 Å². The quantitative estimate of drug-likeness (QED) is 0.589. The van der Waals surface area contributed by atoms with Crippen LogP contribution in [0.4, 0.5) is 8.78 Å². The van der Waals surface area contributed by atoms with Gasteiger partial charge in [-0.15, -0.1) is 5.10 Å². The molecule has 0 spiro atoms. The first-order valence-corrected chi connectivity index (χ1v) is 8.22. The fourth-order valence-electron chi connectivity index (χ4n) is 2.20. The first kappa shape index (κ1) is 19.1. The van der Waals surface area contributed by atoms with Gasteiger partial charge < -0.3 is 9.47 Å². The van der Waals surface area contributed by atoms with Gasteiger partial charge in [0.1, 0.15) is 17.3 Å². The topological polar surface area (TPSA) is 66.2 Å². The number of aromatic nitrogens is 3. The van der Waals surface area contributed by atoms with Crippen LogP contribution in [0.15, 0.2) is 36.4 Å². The van der Waals surface area contributed by atoms with Crippen LogP contribution in [0.2, 0.25) is 10.0 Å². The van der Waals surface area contributed by atoms with Crippen LogP contribution in [0.3, 0.4) is 0 Å². The number of nitrogens with zero attached hydrogens (tertiary/aromatic N) is 3. The molecule has 1 aromatic heterocycles. The number of rotatable bonds is 5. The number of hydrogen-bond acceptors (Lipinski definition) is 5. The normalized spacial score (nSPS) is 10.7. The zero-order chi connectivity index (χ0) is 19.6. The molecule has 0 saturated carbocycles. The third-order valence-electron chi connectivity index (χ3n) is 3.44. The monoisotopic (exact) mass is 413 g/mol. The highest BCUT2D eigenvalue weighted by molar-refractivity contribution is 6.30. The average Bonchev–Trinajstić information content (AvgIpc) is 3.03. The van der Waals surface area contributed by atoms with Gasteiger partial charge in [0.2, 0.25) is 0 Å². The van der Waals surface area contributed by atoms with Crippen molar-refractivity contribution < 1.29 is 23.0 Å². The lowest BCUT2D eigenvalue weighted by Gasteiger charge is -2.08. The zero-order valence-corrected chi connectivity index (χ0v) is 15.3. The summed E-state index contributed by atoms with van der Waals surface area (Å²) in [5.41, 5.74) is -0.0293. The molecule has 0 fully saturated rings. The Morgan fingerprint density at radius 3 is 2.41 bits per heavy atom. The first-order valence-electron chi connectivity index (χ1n) is 7.46. The van der Waals surface area contributed by atoms with Crippen molar-refractivity contribution in [2.75, 3.05) is 13.7 Å². The van der Waals surface area contributed by atoms with E-state index in [9.17, 15) is 13.6 Å². The predicted molar refractivity (Wildman–Crippen MR) is 94.2 cm³/mol. The smallest absolute Gasteiger partial charge is 0.344 e. The van der Waals surface area contributed by atoms with Crippen molar-refractivity contribution in [3.05, 3.63) is 58.1 Å². The van der Waals surface area contributed by atoms with E-state index in [4.69, 9.17) is 27.9 Å². The van der Waals surface area contributed by atoms with Gasteiger partial charge in [-0.25, -0.2) is 18.3 Å². The number of carbonyl (C=O) groups is 1. The first-order chi connectivity index (χ1) is 12.9. The fraction of sp³-hybridized carbons (Fsp3) is 0.118. The number of benzene rings is 2. The van der Waals surface area contributed by atoms with E-state index in [0.717, 1.165) is 16.8 Å². The Kier molecular flexibility index (Phi) is 5.57. The second-order valence-electron chi connectivity index (χ2n) is 5.21. The van der Waals surface area contributed by atoms with E-state index >= 15 is 0 Å². The highest BCUT2D eigenvalue weighted by Gasteiger charge is 2.20. The number of methoxy groups -OCH3 is 1. The number of ether oxygens (including phenoxy) is 2. The SMILES string of the molecule is COC(=O)COc1nc(-c2ccc(Cl)cc2F)n(-c2ccc(Cl)cc2F)n1. The zero-order valence-electron chi connectivity index (χ0n) is 13.7. The molecule has 3 aromatic rings. The van der Waals surface area contributed by atoms with Crippen molar-refractivity contribution in [3.8, 4) is 23.1 Å². The Morgan fingerprint density at radius 1 is 1.11 bits per heavy atom. The molecular weight excluding hydrogens is 403 g/mol. The molecule has 0 saturated heterocycles. The van der Waals surface area contributed by atoms with Gasteiger partial charge in [-0.2, -0.15) is 4.98 Å². The Labute approximate surface area is 162 Å². The molecule has 6 nitrogen and oxygen atoms in total. The van der Waals surface area contributed by atoms with Crippen LogP contribution >= 0.6 is 23.2 Å².